The van der Waals surface area contributed by atoms with Gasteiger partial charge in [0, 0.05) is 6.26 Å². The first kappa shape index (κ1) is 12.2. The van der Waals surface area contributed by atoms with Gasteiger partial charge in [-0.2, -0.15) is 0 Å². The first-order valence-corrected chi connectivity index (χ1v) is 7.03. The van der Waals surface area contributed by atoms with Crippen LogP contribution in [0.5, 0.6) is 0 Å². The molecule has 4 heteroatoms. The van der Waals surface area contributed by atoms with Crippen molar-refractivity contribution >= 4 is 9.84 Å². The van der Waals surface area contributed by atoms with E-state index in [4.69, 9.17) is 5.73 Å². The summed E-state index contributed by atoms with van der Waals surface area (Å²) < 4.78 is 22.1. The maximum Gasteiger partial charge on any atom is 0.151 e. The van der Waals surface area contributed by atoms with Crippen molar-refractivity contribution < 1.29 is 8.42 Å². The van der Waals surface area contributed by atoms with Gasteiger partial charge in [-0.3, -0.25) is 0 Å². The fourth-order valence-electron chi connectivity index (χ4n) is 1.41. The Morgan fingerprint density at radius 2 is 1.67 bits per heavy atom. The number of hydrogen-bond donors (Lipinski definition) is 1. The highest BCUT2D eigenvalue weighted by molar-refractivity contribution is 7.89. The molecule has 15 heavy (non-hydrogen) atoms. The van der Waals surface area contributed by atoms with E-state index in [0.29, 0.717) is 6.54 Å². The normalized spacial score (nSPS) is 11.6. The van der Waals surface area contributed by atoms with E-state index in [0.717, 1.165) is 18.4 Å². The Hall–Kier alpha value is -0.870. The van der Waals surface area contributed by atoms with Crippen molar-refractivity contribution in [2.24, 2.45) is 5.73 Å². The van der Waals surface area contributed by atoms with Crippen molar-refractivity contribution in [2.45, 2.75) is 18.6 Å². The zero-order chi connectivity index (χ0) is 11.3. The van der Waals surface area contributed by atoms with Crippen LogP contribution in [-0.2, 0) is 22.0 Å². The summed E-state index contributed by atoms with van der Waals surface area (Å²) >= 11 is 0. The minimum Gasteiger partial charge on any atom is -0.330 e. The van der Waals surface area contributed by atoms with E-state index in [1.807, 2.05) is 24.3 Å². The molecule has 0 spiro atoms. The Morgan fingerprint density at radius 3 is 2.13 bits per heavy atom. The molecule has 0 unspecified atom stereocenters. The molecule has 84 valence electrons. The Bertz CT molecular complexity index is 395. The zero-order valence-electron chi connectivity index (χ0n) is 8.94. The maximum absolute atomic E-state index is 11.0. The van der Waals surface area contributed by atoms with Crippen molar-refractivity contribution in [3.63, 3.8) is 0 Å². The molecule has 0 heterocycles. The van der Waals surface area contributed by atoms with Crippen LogP contribution >= 0.6 is 0 Å². The monoisotopic (exact) mass is 227 g/mol. The highest BCUT2D eigenvalue weighted by atomic mass is 32.2. The summed E-state index contributed by atoms with van der Waals surface area (Å²) in [7, 11) is -2.93. The second kappa shape index (κ2) is 5.28. The summed E-state index contributed by atoms with van der Waals surface area (Å²) in [5.74, 6) is 0.115. The molecule has 0 atom stereocenters. The number of hydrogen-bond acceptors (Lipinski definition) is 3. The number of sulfone groups is 1. The Balaban J connectivity index is 2.64. The number of rotatable bonds is 5. The van der Waals surface area contributed by atoms with Gasteiger partial charge < -0.3 is 5.73 Å². The largest absolute Gasteiger partial charge is 0.330 e. The molecule has 0 saturated heterocycles. The van der Waals surface area contributed by atoms with Gasteiger partial charge in [-0.1, -0.05) is 24.3 Å². The topological polar surface area (TPSA) is 60.2 Å². The lowest BCUT2D eigenvalue weighted by molar-refractivity contribution is 0.601. The lowest BCUT2D eigenvalue weighted by atomic mass is 10.1. The second-order valence-electron chi connectivity index (χ2n) is 3.78. The average molecular weight is 227 g/mol. The molecular weight excluding hydrogens is 210 g/mol. The third-order valence-corrected chi connectivity index (χ3v) is 2.98. The summed E-state index contributed by atoms with van der Waals surface area (Å²) in [6.07, 6.45) is 3.16. The van der Waals surface area contributed by atoms with Crippen molar-refractivity contribution in [2.75, 3.05) is 12.8 Å². The molecule has 0 aliphatic carbocycles. The Morgan fingerprint density at radius 1 is 1.13 bits per heavy atom. The molecule has 0 saturated carbocycles. The molecule has 2 N–H and O–H groups in total. The standard InChI is InChI=1S/C11H17NO2S/c1-15(13,14)9-11-6-4-10(5-7-11)3-2-8-12/h4-7H,2-3,8-9,12H2,1H3. The third kappa shape index (κ3) is 4.95. The molecule has 1 rings (SSSR count). The van der Waals surface area contributed by atoms with Gasteiger partial charge in [0.15, 0.2) is 9.84 Å². The Kier molecular flexibility index (Phi) is 4.29. The van der Waals surface area contributed by atoms with Crippen molar-refractivity contribution in [3.05, 3.63) is 35.4 Å². The van der Waals surface area contributed by atoms with Gasteiger partial charge in [0.1, 0.15) is 0 Å². The third-order valence-electron chi connectivity index (χ3n) is 2.12. The van der Waals surface area contributed by atoms with E-state index < -0.39 is 9.84 Å². The SMILES string of the molecule is CS(=O)(=O)Cc1ccc(CCCN)cc1. The Labute approximate surface area is 91.2 Å². The molecule has 1 aromatic carbocycles. The van der Waals surface area contributed by atoms with E-state index in [-0.39, 0.29) is 5.75 Å². The maximum atomic E-state index is 11.0. The van der Waals surface area contributed by atoms with E-state index in [9.17, 15) is 8.42 Å². The number of aryl methyl sites for hydroxylation is 1. The smallest absolute Gasteiger partial charge is 0.151 e. The van der Waals surface area contributed by atoms with Gasteiger partial charge >= 0.3 is 0 Å². The molecule has 0 radical (unpaired) electrons. The van der Waals surface area contributed by atoms with Crippen molar-refractivity contribution in [1.82, 2.24) is 0 Å². The predicted octanol–water partition coefficient (Wildman–Crippen LogP) is 1.12. The van der Waals surface area contributed by atoms with Gasteiger partial charge in [-0.15, -0.1) is 0 Å². The molecule has 1 aromatic rings. The molecule has 0 aromatic heterocycles. The lowest BCUT2D eigenvalue weighted by Gasteiger charge is -2.02. The van der Waals surface area contributed by atoms with E-state index in [1.54, 1.807) is 0 Å². The highest BCUT2D eigenvalue weighted by Crippen LogP contribution is 2.09. The fraction of sp³-hybridized carbons (Fsp3) is 0.455. The quantitative estimate of drug-likeness (QED) is 0.820. The average Bonchev–Trinajstić information content (AvgIpc) is 2.14. The minimum absolute atomic E-state index is 0.115. The first-order valence-electron chi connectivity index (χ1n) is 4.97. The van der Waals surface area contributed by atoms with Crippen LogP contribution < -0.4 is 5.73 Å². The van der Waals surface area contributed by atoms with Crippen molar-refractivity contribution in [3.8, 4) is 0 Å². The number of nitrogens with two attached hydrogens (primary N) is 1. The van der Waals surface area contributed by atoms with Crippen molar-refractivity contribution in [1.29, 1.82) is 0 Å². The summed E-state index contributed by atoms with van der Waals surface area (Å²) in [5, 5.41) is 0. The molecule has 0 bridgehead atoms. The molecular formula is C11H17NO2S. The molecule has 0 amide bonds. The summed E-state index contributed by atoms with van der Waals surface area (Å²) in [6, 6.07) is 7.67. The zero-order valence-corrected chi connectivity index (χ0v) is 9.76. The summed E-state index contributed by atoms with van der Waals surface area (Å²) in [6.45, 7) is 0.686. The molecule has 0 aliphatic heterocycles. The highest BCUT2D eigenvalue weighted by Gasteiger charge is 2.03. The molecule has 3 nitrogen and oxygen atoms in total. The van der Waals surface area contributed by atoms with E-state index in [1.165, 1.54) is 11.8 Å². The van der Waals surface area contributed by atoms with Gasteiger partial charge in [-0.25, -0.2) is 8.42 Å². The van der Waals surface area contributed by atoms with Crippen LogP contribution in [0.2, 0.25) is 0 Å². The van der Waals surface area contributed by atoms with Crippen LogP contribution in [0.1, 0.15) is 17.5 Å². The minimum atomic E-state index is -2.93. The van der Waals surface area contributed by atoms with E-state index in [2.05, 4.69) is 0 Å². The predicted molar refractivity (Wildman–Crippen MR) is 62.4 cm³/mol. The molecule has 0 fully saturated rings. The van der Waals surface area contributed by atoms with Crippen LogP contribution in [0, 0.1) is 0 Å². The lowest BCUT2D eigenvalue weighted by Crippen LogP contribution is -2.02. The fourth-order valence-corrected chi connectivity index (χ4v) is 2.21. The second-order valence-corrected chi connectivity index (χ2v) is 5.92. The van der Waals surface area contributed by atoms with Gasteiger partial charge in [0.2, 0.25) is 0 Å². The molecule has 0 aliphatic rings. The van der Waals surface area contributed by atoms with Gasteiger partial charge in [0.05, 0.1) is 5.75 Å². The van der Waals surface area contributed by atoms with Crippen LogP contribution in [0.4, 0.5) is 0 Å². The van der Waals surface area contributed by atoms with E-state index >= 15 is 0 Å². The van der Waals surface area contributed by atoms with Gasteiger partial charge in [-0.05, 0) is 30.5 Å². The number of benzene rings is 1. The van der Waals surface area contributed by atoms with Crippen LogP contribution in [0.25, 0.3) is 0 Å². The van der Waals surface area contributed by atoms with Crippen LogP contribution in [0.3, 0.4) is 0 Å². The summed E-state index contributed by atoms with van der Waals surface area (Å²) in [5.41, 5.74) is 7.46. The summed E-state index contributed by atoms with van der Waals surface area (Å²) in [4.78, 5) is 0. The van der Waals surface area contributed by atoms with Gasteiger partial charge in [0.25, 0.3) is 0 Å². The van der Waals surface area contributed by atoms with Crippen LogP contribution in [0.15, 0.2) is 24.3 Å². The van der Waals surface area contributed by atoms with Crippen LogP contribution in [-0.4, -0.2) is 21.2 Å². The first-order chi connectivity index (χ1) is 7.01.